The molecule has 1 aromatic heterocycles. The van der Waals surface area contributed by atoms with Crippen molar-refractivity contribution in [2.45, 2.75) is 25.3 Å². The molecule has 1 aliphatic rings. The SMILES string of the molecule is Brc1cccc(-n2nnc(C3CCCCN3)n2)c1. The van der Waals surface area contributed by atoms with E-state index in [2.05, 4.69) is 36.7 Å². The molecule has 0 saturated carbocycles. The topological polar surface area (TPSA) is 55.6 Å². The normalized spacial score (nSPS) is 19.9. The summed E-state index contributed by atoms with van der Waals surface area (Å²) in [5, 5.41) is 16.1. The van der Waals surface area contributed by atoms with Crippen LogP contribution in [0.1, 0.15) is 31.1 Å². The van der Waals surface area contributed by atoms with Gasteiger partial charge >= 0.3 is 0 Å². The Kier molecular flexibility index (Phi) is 3.38. The van der Waals surface area contributed by atoms with Crippen molar-refractivity contribution < 1.29 is 0 Å². The van der Waals surface area contributed by atoms with Crippen molar-refractivity contribution in [3.63, 3.8) is 0 Å². The molecular formula is C12H14BrN5. The Morgan fingerprint density at radius 3 is 3.06 bits per heavy atom. The average Bonchev–Trinajstić information content (AvgIpc) is 2.89. The van der Waals surface area contributed by atoms with Crippen LogP contribution in [0.25, 0.3) is 5.69 Å². The third-order valence-electron chi connectivity index (χ3n) is 3.09. The van der Waals surface area contributed by atoms with Crippen molar-refractivity contribution >= 4 is 15.9 Å². The van der Waals surface area contributed by atoms with Gasteiger partial charge in [0.25, 0.3) is 0 Å². The molecule has 2 heterocycles. The first kappa shape index (κ1) is 11.8. The fourth-order valence-electron chi connectivity index (χ4n) is 2.15. The van der Waals surface area contributed by atoms with Gasteiger partial charge in [0, 0.05) is 4.47 Å². The fraction of sp³-hybridized carbons (Fsp3) is 0.417. The van der Waals surface area contributed by atoms with Gasteiger partial charge in [-0.15, -0.1) is 15.0 Å². The standard InChI is InChI=1S/C12H14BrN5/c13-9-4-3-5-10(8-9)18-16-12(15-17-18)11-6-1-2-7-14-11/h3-5,8,11,14H,1-2,6-7H2. The second-order valence-corrected chi connectivity index (χ2v) is 5.34. The van der Waals surface area contributed by atoms with E-state index in [0.29, 0.717) is 0 Å². The van der Waals surface area contributed by atoms with Crippen LogP contribution in [0.4, 0.5) is 0 Å². The van der Waals surface area contributed by atoms with E-state index in [4.69, 9.17) is 0 Å². The van der Waals surface area contributed by atoms with Crippen molar-refractivity contribution in [2.24, 2.45) is 0 Å². The average molecular weight is 308 g/mol. The van der Waals surface area contributed by atoms with Gasteiger partial charge in [-0.05, 0) is 42.8 Å². The number of nitrogens with zero attached hydrogens (tertiary/aromatic N) is 4. The number of hydrogen-bond acceptors (Lipinski definition) is 4. The molecule has 94 valence electrons. The summed E-state index contributed by atoms with van der Waals surface area (Å²) in [6.07, 6.45) is 3.55. The molecule has 1 unspecified atom stereocenters. The molecule has 1 saturated heterocycles. The van der Waals surface area contributed by atoms with Gasteiger partial charge in [-0.1, -0.05) is 28.4 Å². The Bertz CT molecular complexity index is 533. The van der Waals surface area contributed by atoms with Gasteiger partial charge in [0.05, 0.1) is 11.7 Å². The van der Waals surface area contributed by atoms with Crippen molar-refractivity contribution in [2.75, 3.05) is 6.54 Å². The van der Waals surface area contributed by atoms with E-state index >= 15 is 0 Å². The number of piperidine rings is 1. The van der Waals surface area contributed by atoms with Crippen molar-refractivity contribution in [1.82, 2.24) is 25.5 Å². The molecule has 0 spiro atoms. The number of halogens is 1. The second kappa shape index (κ2) is 5.16. The van der Waals surface area contributed by atoms with Gasteiger partial charge in [-0.25, -0.2) is 0 Å². The molecule has 1 atom stereocenters. The zero-order valence-corrected chi connectivity index (χ0v) is 11.5. The van der Waals surface area contributed by atoms with E-state index in [0.717, 1.165) is 29.0 Å². The van der Waals surface area contributed by atoms with Crippen LogP contribution in [0, 0.1) is 0 Å². The number of nitrogens with one attached hydrogen (secondary N) is 1. The van der Waals surface area contributed by atoms with Crippen LogP contribution in [0.2, 0.25) is 0 Å². The highest BCUT2D eigenvalue weighted by molar-refractivity contribution is 9.10. The van der Waals surface area contributed by atoms with Gasteiger partial charge in [-0.3, -0.25) is 0 Å². The molecule has 1 aromatic carbocycles. The van der Waals surface area contributed by atoms with E-state index < -0.39 is 0 Å². The minimum atomic E-state index is 0.250. The summed E-state index contributed by atoms with van der Waals surface area (Å²) in [6.45, 7) is 1.04. The Balaban J connectivity index is 1.84. The van der Waals surface area contributed by atoms with Crippen molar-refractivity contribution in [1.29, 1.82) is 0 Å². The van der Waals surface area contributed by atoms with Crippen LogP contribution in [0.3, 0.4) is 0 Å². The Morgan fingerprint density at radius 1 is 1.33 bits per heavy atom. The summed E-state index contributed by atoms with van der Waals surface area (Å²) in [7, 11) is 0. The number of rotatable bonds is 2. The maximum atomic E-state index is 4.46. The van der Waals surface area contributed by atoms with E-state index in [-0.39, 0.29) is 6.04 Å². The van der Waals surface area contributed by atoms with E-state index in [9.17, 15) is 0 Å². The smallest absolute Gasteiger partial charge is 0.192 e. The first-order chi connectivity index (χ1) is 8.83. The summed E-state index contributed by atoms with van der Waals surface area (Å²) < 4.78 is 1.01. The van der Waals surface area contributed by atoms with Crippen LogP contribution in [0.5, 0.6) is 0 Å². The number of benzene rings is 1. The summed E-state index contributed by atoms with van der Waals surface area (Å²) in [6, 6.07) is 8.12. The van der Waals surface area contributed by atoms with E-state index in [1.165, 1.54) is 12.8 Å². The highest BCUT2D eigenvalue weighted by Crippen LogP contribution is 2.20. The zero-order chi connectivity index (χ0) is 12.4. The van der Waals surface area contributed by atoms with Crippen LogP contribution in [-0.2, 0) is 0 Å². The maximum absolute atomic E-state index is 4.46. The zero-order valence-electron chi connectivity index (χ0n) is 9.88. The Morgan fingerprint density at radius 2 is 2.28 bits per heavy atom. The van der Waals surface area contributed by atoms with Gasteiger partial charge in [-0.2, -0.15) is 0 Å². The first-order valence-electron chi connectivity index (χ1n) is 6.12. The predicted molar refractivity (Wildman–Crippen MR) is 71.4 cm³/mol. The third-order valence-corrected chi connectivity index (χ3v) is 3.58. The second-order valence-electron chi connectivity index (χ2n) is 4.42. The number of aromatic nitrogens is 4. The minimum absolute atomic E-state index is 0.250. The molecule has 0 bridgehead atoms. The van der Waals surface area contributed by atoms with E-state index in [1.807, 2.05) is 24.3 Å². The molecule has 3 rings (SSSR count). The Hall–Kier alpha value is -1.27. The van der Waals surface area contributed by atoms with E-state index in [1.54, 1.807) is 4.80 Å². The molecule has 18 heavy (non-hydrogen) atoms. The molecule has 0 aliphatic carbocycles. The predicted octanol–water partition coefficient (Wildman–Crippen LogP) is 2.24. The third kappa shape index (κ3) is 2.44. The molecule has 2 aromatic rings. The Labute approximate surface area is 114 Å². The summed E-state index contributed by atoms with van der Waals surface area (Å²) in [5.41, 5.74) is 0.916. The monoisotopic (exact) mass is 307 g/mol. The van der Waals surface area contributed by atoms with Crippen LogP contribution in [-0.4, -0.2) is 26.8 Å². The van der Waals surface area contributed by atoms with Crippen molar-refractivity contribution in [3.05, 3.63) is 34.6 Å². The molecular weight excluding hydrogens is 294 g/mol. The van der Waals surface area contributed by atoms with Gasteiger partial charge in [0.1, 0.15) is 0 Å². The van der Waals surface area contributed by atoms with Gasteiger partial charge in [0.15, 0.2) is 5.82 Å². The summed E-state index contributed by atoms with van der Waals surface area (Å²) in [5.74, 6) is 0.787. The highest BCUT2D eigenvalue weighted by atomic mass is 79.9. The lowest BCUT2D eigenvalue weighted by molar-refractivity contribution is 0.397. The fourth-order valence-corrected chi connectivity index (χ4v) is 2.53. The van der Waals surface area contributed by atoms with Crippen molar-refractivity contribution in [3.8, 4) is 5.69 Å². The lowest BCUT2D eigenvalue weighted by atomic mass is 10.1. The largest absolute Gasteiger partial charge is 0.307 e. The number of hydrogen-bond donors (Lipinski definition) is 1. The minimum Gasteiger partial charge on any atom is -0.307 e. The quantitative estimate of drug-likeness (QED) is 0.924. The summed E-state index contributed by atoms with van der Waals surface area (Å²) in [4.78, 5) is 1.58. The lowest BCUT2D eigenvalue weighted by Crippen LogP contribution is -2.27. The van der Waals surface area contributed by atoms with Crippen LogP contribution in [0.15, 0.2) is 28.7 Å². The molecule has 1 fully saturated rings. The molecule has 1 aliphatic heterocycles. The maximum Gasteiger partial charge on any atom is 0.192 e. The van der Waals surface area contributed by atoms with Crippen LogP contribution < -0.4 is 5.32 Å². The number of tetrazole rings is 1. The van der Waals surface area contributed by atoms with Gasteiger partial charge < -0.3 is 5.32 Å². The first-order valence-corrected chi connectivity index (χ1v) is 6.91. The molecule has 0 amide bonds. The molecule has 5 nitrogen and oxygen atoms in total. The highest BCUT2D eigenvalue weighted by Gasteiger charge is 2.19. The lowest BCUT2D eigenvalue weighted by Gasteiger charge is -2.19. The summed E-state index contributed by atoms with van der Waals surface area (Å²) >= 11 is 3.44. The molecule has 6 heteroatoms. The molecule has 0 radical (unpaired) electrons. The molecule has 1 N–H and O–H groups in total. The van der Waals surface area contributed by atoms with Gasteiger partial charge in [0.2, 0.25) is 0 Å². The van der Waals surface area contributed by atoms with Crippen LogP contribution >= 0.6 is 15.9 Å².